The van der Waals surface area contributed by atoms with Crippen molar-refractivity contribution in [2.24, 2.45) is 0 Å². The third kappa shape index (κ3) is 5.13. The predicted molar refractivity (Wildman–Crippen MR) is 97.5 cm³/mol. The van der Waals surface area contributed by atoms with Crippen molar-refractivity contribution in [3.05, 3.63) is 52.2 Å². The highest BCUT2D eigenvalue weighted by Crippen LogP contribution is 2.13. The highest BCUT2D eigenvalue weighted by atomic mass is 32.1. The van der Waals surface area contributed by atoms with Crippen LogP contribution in [0.4, 0.5) is 5.69 Å². The van der Waals surface area contributed by atoms with Crippen LogP contribution in [0.2, 0.25) is 0 Å². The number of nitrogens with zero attached hydrogens (tertiary/aromatic N) is 1. The maximum absolute atomic E-state index is 12.5. The molecular weight excluding hydrogens is 334 g/mol. The van der Waals surface area contributed by atoms with Crippen LogP contribution >= 0.6 is 11.3 Å². The Bertz CT molecular complexity index is 733. The van der Waals surface area contributed by atoms with Crippen molar-refractivity contribution in [1.82, 2.24) is 0 Å². The second-order valence-corrected chi connectivity index (χ2v) is 7.26. The molecule has 6 heteroatoms. The van der Waals surface area contributed by atoms with Crippen molar-refractivity contribution < 1.29 is 14.4 Å². The van der Waals surface area contributed by atoms with Crippen LogP contribution in [0.15, 0.2) is 41.8 Å². The summed E-state index contributed by atoms with van der Waals surface area (Å²) in [5, 5.41) is 14.1. The number of nitriles is 1. The summed E-state index contributed by atoms with van der Waals surface area (Å²) in [5.74, 6) is -0.0766. The number of ether oxygens (including phenoxy) is 1. The number of carbonyl (C=O) groups is 1. The first kappa shape index (κ1) is 17.6. The fraction of sp³-hybridized carbons (Fsp3) is 0.368. The van der Waals surface area contributed by atoms with Crippen molar-refractivity contribution in [3.63, 3.8) is 0 Å². The van der Waals surface area contributed by atoms with Gasteiger partial charge in [0.05, 0.1) is 16.1 Å². The lowest BCUT2D eigenvalue weighted by Gasteiger charge is -2.21. The summed E-state index contributed by atoms with van der Waals surface area (Å²) in [4.78, 5) is 15.0. The molecule has 130 valence electrons. The van der Waals surface area contributed by atoms with Gasteiger partial charge in [0.1, 0.15) is 25.3 Å². The largest absolute Gasteiger partial charge is 0.372 e. The zero-order valence-corrected chi connectivity index (χ0v) is 14.8. The molecule has 2 N–H and O–H groups in total. The maximum Gasteiger partial charge on any atom is 0.279 e. The molecule has 2 atom stereocenters. The van der Waals surface area contributed by atoms with E-state index in [2.05, 4.69) is 22.8 Å². The molecule has 1 amide bonds. The van der Waals surface area contributed by atoms with Crippen LogP contribution in [0.3, 0.4) is 0 Å². The summed E-state index contributed by atoms with van der Waals surface area (Å²) < 4.78 is 5.75. The molecule has 0 bridgehead atoms. The number of hydrogen-bond donors (Lipinski definition) is 2. The highest BCUT2D eigenvalue weighted by Gasteiger charge is 2.24. The van der Waals surface area contributed by atoms with Gasteiger partial charge in [0.25, 0.3) is 5.91 Å². The summed E-state index contributed by atoms with van der Waals surface area (Å²) in [5.41, 5.74) is 1.05. The van der Waals surface area contributed by atoms with E-state index in [4.69, 9.17) is 10.00 Å². The Morgan fingerprint density at radius 1 is 1.36 bits per heavy atom. The number of nitrogens with one attached hydrogen (secondary N) is 2. The first-order valence-electron chi connectivity index (χ1n) is 8.51. The van der Waals surface area contributed by atoms with Gasteiger partial charge in [0.15, 0.2) is 6.54 Å². The van der Waals surface area contributed by atoms with E-state index in [9.17, 15) is 4.79 Å². The van der Waals surface area contributed by atoms with E-state index in [1.165, 1.54) is 9.78 Å². The van der Waals surface area contributed by atoms with Crippen LogP contribution in [-0.2, 0) is 16.1 Å². The fourth-order valence-corrected chi connectivity index (χ4v) is 3.88. The molecule has 0 aliphatic carbocycles. The van der Waals surface area contributed by atoms with Gasteiger partial charge in [-0.25, -0.2) is 0 Å². The van der Waals surface area contributed by atoms with E-state index in [1.54, 1.807) is 29.5 Å². The normalized spacial score (nSPS) is 17.8. The molecule has 0 radical (unpaired) electrons. The Labute approximate surface area is 151 Å². The van der Waals surface area contributed by atoms with Crippen LogP contribution < -0.4 is 10.2 Å². The summed E-state index contributed by atoms with van der Waals surface area (Å²) in [6.07, 6.45) is 2.39. The van der Waals surface area contributed by atoms with Crippen molar-refractivity contribution in [1.29, 1.82) is 5.26 Å². The zero-order chi connectivity index (χ0) is 17.5. The summed E-state index contributed by atoms with van der Waals surface area (Å²) >= 11 is 1.71. The average molecular weight is 356 g/mol. The molecule has 1 unspecified atom stereocenters. The quantitative estimate of drug-likeness (QED) is 0.795. The monoisotopic (exact) mass is 356 g/mol. The minimum Gasteiger partial charge on any atom is -0.372 e. The number of amides is 1. The van der Waals surface area contributed by atoms with Gasteiger partial charge in [-0.2, -0.15) is 5.26 Å². The van der Waals surface area contributed by atoms with Gasteiger partial charge in [0.2, 0.25) is 0 Å². The van der Waals surface area contributed by atoms with Crippen molar-refractivity contribution >= 4 is 22.9 Å². The molecular formula is C19H22N3O2S+. The lowest BCUT2D eigenvalue weighted by molar-refractivity contribution is -0.908. The molecule has 1 aliphatic heterocycles. The maximum atomic E-state index is 12.5. The number of rotatable bonds is 7. The standard InChI is InChI=1S/C19H21N3O2S/c20-11-15-5-1-2-8-18(15)21-19(23)14-22(12-16-6-3-9-24-16)13-17-7-4-10-25-17/h1-2,4-5,7-8,10,16H,3,6,9,12-14H2,(H,21,23)/p+1/t16-/m0/s1. The third-order valence-corrected chi connectivity index (χ3v) is 5.15. The summed E-state index contributed by atoms with van der Waals surface area (Å²) in [6, 6.07) is 13.3. The second-order valence-electron chi connectivity index (χ2n) is 6.23. The Kier molecular flexibility index (Phi) is 6.18. The van der Waals surface area contributed by atoms with E-state index in [0.29, 0.717) is 17.8 Å². The zero-order valence-electron chi connectivity index (χ0n) is 14.0. The summed E-state index contributed by atoms with van der Waals surface area (Å²) in [6.45, 7) is 2.81. The Balaban J connectivity index is 1.63. The van der Waals surface area contributed by atoms with E-state index in [1.807, 2.05) is 12.1 Å². The number of quaternary nitrogens is 1. The van der Waals surface area contributed by atoms with Crippen LogP contribution in [0.25, 0.3) is 0 Å². The van der Waals surface area contributed by atoms with Gasteiger partial charge in [0, 0.05) is 6.61 Å². The molecule has 1 aliphatic rings. The van der Waals surface area contributed by atoms with Crippen LogP contribution in [-0.4, -0.2) is 31.7 Å². The molecule has 0 spiro atoms. The Morgan fingerprint density at radius 2 is 2.24 bits per heavy atom. The van der Waals surface area contributed by atoms with Crippen molar-refractivity contribution in [2.45, 2.75) is 25.5 Å². The molecule has 1 fully saturated rings. The molecule has 3 rings (SSSR count). The summed E-state index contributed by atoms with van der Waals surface area (Å²) in [7, 11) is 0. The highest BCUT2D eigenvalue weighted by molar-refractivity contribution is 7.09. The topological polar surface area (TPSA) is 66.6 Å². The number of carbonyl (C=O) groups excluding carboxylic acids is 1. The van der Waals surface area contributed by atoms with Crippen LogP contribution in [0.5, 0.6) is 0 Å². The Hall–Kier alpha value is -2.20. The van der Waals surface area contributed by atoms with Crippen molar-refractivity contribution in [3.8, 4) is 6.07 Å². The van der Waals surface area contributed by atoms with Crippen molar-refractivity contribution in [2.75, 3.05) is 25.0 Å². The first-order valence-corrected chi connectivity index (χ1v) is 9.39. The molecule has 5 nitrogen and oxygen atoms in total. The van der Waals surface area contributed by atoms with Gasteiger partial charge in [-0.15, -0.1) is 11.3 Å². The van der Waals surface area contributed by atoms with E-state index in [-0.39, 0.29) is 12.0 Å². The minimum absolute atomic E-state index is 0.0766. The molecule has 1 aromatic carbocycles. The smallest absolute Gasteiger partial charge is 0.279 e. The number of thiophene rings is 1. The SMILES string of the molecule is N#Cc1ccccc1NC(=O)C[NH+](Cc1cccs1)C[C@@H]1CCCO1. The number of benzene rings is 1. The molecule has 25 heavy (non-hydrogen) atoms. The average Bonchev–Trinajstić information content (AvgIpc) is 3.29. The van der Waals surface area contributed by atoms with Gasteiger partial charge < -0.3 is 15.0 Å². The van der Waals surface area contributed by atoms with Crippen LogP contribution in [0, 0.1) is 11.3 Å². The Morgan fingerprint density at radius 3 is 2.96 bits per heavy atom. The van der Waals surface area contributed by atoms with Gasteiger partial charge >= 0.3 is 0 Å². The fourth-order valence-electron chi connectivity index (χ4n) is 3.10. The van der Waals surface area contributed by atoms with Gasteiger partial charge in [-0.05, 0) is 36.4 Å². The molecule has 2 aromatic rings. The molecule has 1 saturated heterocycles. The minimum atomic E-state index is -0.0766. The number of para-hydroxylation sites is 1. The first-order chi connectivity index (χ1) is 12.2. The lowest BCUT2D eigenvalue weighted by atomic mass is 10.2. The van der Waals surface area contributed by atoms with Crippen LogP contribution in [0.1, 0.15) is 23.3 Å². The third-order valence-electron chi connectivity index (χ3n) is 4.28. The number of anilines is 1. The lowest BCUT2D eigenvalue weighted by Crippen LogP contribution is -3.12. The molecule has 0 saturated carbocycles. The second kappa shape index (κ2) is 8.77. The van der Waals surface area contributed by atoms with E-state index < -0.39 is 0 Å². The number of hydrogen-bond acceptors (Lipinski definition) is 4. The molecule has 1 aromatic heterocycles. The van der Waals surface area contributed by atoms with E-state index >= 15 is 0 Å². The van der Waals surface area contributed by atoms with Gasteiger partial charge in [-0.3, -0.25) is 4.79 Å². The van der Waals surface area contributed by atoms with Gasteiger partial charge in [-0.1, -0.05) is 18.2 Å². The predicted octanol–water partition coefficient (Wildman–Crippen LogP) is 1.82. The molecule has 2 heterocycles. The van der Waals surface area contributed by atoms with E-state index in [0.717, 1.165) is 32.5 Å².